The maximum Gasteiger partial charge on any atom is 0.363 e. The third-order valence-electron chi connectivity index (χ3n) is 2.72. The SMILES string of the molecule is CC(C)OC(=O)C(O)(N[S+]([O-])C(C)(C)C)c1cc(F)cc(F)c1. The minimum atomic E-state index is -2.65. The molecule has 0 aliphatic rings. The van der Waals surface area contributed by atoms with Crippen molar-refractivity contribution in [2.75, 3.05) is 0 Å². The largest absolute Gasteiger partial charge is 0.598 e. The van der Waals surface area contributed by atoms with E-state index in [1.807, 2.05) is 0 Å². The summed E-state index contributed by atoms with van der Waals surface area (Å²) >= 11 is -1.90. The van der Waals surface area contributed by atoms with Crippen molar-refractivity contribution in [3.05, 3.63) is 35.4 Å². The van der Waals surface area contributed by atoms with Crippen LogP contribution < -0.4 is 4.72 Å². The second kappa shape index (κ2) is 7.12. The monoisotopic (exact) mass is 349 g/mol. The summed E-state index contributed by atoms with van der Waals surface area (Å²) in [5.41, 5.74) is -3.08. The Kier molecular flexibility index (Phi) is 6.14. The molecule has 2 N–H and O–H groups in total. The summed E-state index contributed by atoms with van der Waals surface area (Å²) < 4.78 is 45.5. The first-order valence-electron chi connectivity index (χ1n) is 6.96. The lowest BCUT2D eigenvalue weighted by atomic mass is 10.0. The quantitative estimate of drug-likeness (QED) is 0.483. The van der Waals surface area contributed by atoms with Crippen LogP contribution in [0, 0.1) is 11.6 Å². The predicted molar refractivity (Wildman–Crippen MR) is 82.5 cm³/mol. The fraction of sp³-hybridized carbons (Fsp3) is 0.533. The Morgan fingerprint density at radius 1 is 1.26 bits per heavy atom. The van der Waals surface area contributed by atoms with Crippen molar-refractivity contribution in [1.82, 2.24) is 4.72 Å². The van der Waals surface area contributed by atoms with Gasteiger partial charge in [-0.3, -0.25) is 0 Å². The molecule has 2 unspecified atom stereocenters. The minimum absolute atomic E-state index is 0.432. The highest BCUT2D eigenvalue weighted by Crippen LogP contribution is 2.26. The third-order valence-corrected chi connectivity index (χ3v) is 4.31. The summed E-state index contributed by atoms with van der Waals surface area (Å²) in [7, 11) is 0. The first-order valence-corrected chi connectivity index (χ1v) is 8.11. The van der Waals surface area contributed by atoms with E-state index < -0.39 is 51.1 Å². The van der Waals surface area contributed by atoms with E-state index in [1.165, 1.54) is 0 Å². The number of esters is 1. The van der Waals surface area contributed by atoms with Gasteiger partial charge in [-0.2, -0.15) is 0 Å². The zero-order valence-corrected chi connectivity index (χ0v) is 14.5. The molecule has 0 amide bonds. The number of ether oxygens (including phenoxy) is 1. The maximum absolute atomic E-state index is 13.4. The smallest absolute Gasteiger partial charge is 0.363 e. The summed E-state index contributed by atoms with van der Waals surface area (Å²) in [5.74, 6) is -3.17. The van der Waals surface area contributed by atoms with Crippen LogP contribution in [0.1, 0.15) is 40.2 Å². The Morgan fingerprint density at radius 3 is 2.13 bits per heavy atom. The van der Waals surface area contributed by atoms with Crippen LogP contribution in [0.5, 0.6) is 0 Å². The van der Waals surface area contributed by atoms with Crippen molar-refractivity contribution in [3.63, 3.8) is 0 Å². The summed E-state index contributed by atoms with van der Waals surface area (Å²) in [6, 6.07) is 2.15. The van der Waals surface area contributed by atoms with Gasteiger partial charge in [-0.05, 0) is 46.8 Å². The summed E-state index contributed by atoms with van der Waals surface area (Å²) in [6.07, 6.45) is -0.586. The molecule has 2 atom stereocenters. The predicted octanol–water partition coefficient (Wildman–Crippen LogP) is 2.11. The highest BCUT2D eigenvalue weighted by atomic mass is 32.2. The van der Waals surface area contributed by atoms with Crippen molar-refractivity contribution < 1.29 is 28.0 Å². The van der Waals surface area contributed by atoms with Crippen molar-refractivity contribution in [2.45, 2.75) is 51.2 Å². The third kappa shape index (κ3) is 5.13. The van der Waals surface area contributed by atoms with E-state index in [9.17, 15) is 23.2 Å². The number of hydrogen-bond donors (Lipinski definition) is 2. The van der Waals surface area contributed by atoms with Gasteiger partial charge >= 0.3 is 5.97 Å². The normalized spacial score (nSPS) is 16.1. The maximum atomic E-state index is 13.4. The first kappa shape index (κ1) is 19.8. The van der Waals surface area contributed by atoms with Crippen LogP contribution in [0.15, 0.2) is 18.2 Å². The van der Waals surface area contributed by atoms with Crippen LogP contribution in [0.25, 0.3) is 0 Å². The molecule has 0 heterocycles. The molecule has 1 aromatic carbocycles. The molecule has 1 rings (SSSR count). The van der Waals surface area contributed by atoms with Crippen LogP contribution in [0.3, 0.4) is 0 Å². The molecule has 130 valence electrons. The average molecular weight is 349 g/mol. The molecule has 0 saturated heterocycles. The Morgan fingerprint density at radius 2 is 1.74 bits per heavy atom. The van der Waals surface area contributed by atoms with Gasteiger partial charge in [0.2, 0.25) is 0 Å². The molecule has 0 aliphatic carbocycles. The van der Waals surface area contributed by atoms with Crippen molar-refractivity contribution in [3.8, 4) is 0 Å². The Labute approximate surface area is 137 Å². The van der Waals surface area contributed by atoms with Gasteiger partial charge in [0.15, 0.2) is 0 Å². The molecular formula is C15H21F2NO4S. The number of aliphatic hydroxyl groups is 1. The Bertz CT molecular complexity index is 557. The van der Waals surface area contributed by atoms with Crippen molar-refractivity contribution in [1.29, 1.82) is 0 Å². The van der Waals surface area contributed by atoms with Gasteiger partial charge in [-0.25, -0.2) is 13.6 Å². The molecule has 0 spiro atoms. The molecule has 0 aromatic heterocycles. The number of hydrogen-bond acceptors (Lipinski definition) is 5. The molecule has 0 radical (unpaired) electrons. The zero-order valence-electron chi connectivity index (χ0n) is 13.6. The number of nitrogens with one attached hydrogen (secondary N) is 1. The van der Waals surface area contributed by atoms with Crippen molar-refractivity contribution in [2.24, 2.45) is 0 Å². The van der Waals surface area contributed by atoms with Gasteiger partial charge in [0.25, 0.3) is 5.72 Å². The van der Waals surface area contributed by atoms with E-state index in [0.717, 1.165) is 12.1 Å². The van der Waals surface area contributed by atoms with Gasteiger partial charge in [-0.15, -0.1) is 0 Å². The summed E-state index contributed by atoms with van der Waals surface area (Å²) in [4.78, 5) is 12.2. The number of benzene rings is 1. The molecule has 1 aromatic rings. The van der Waals surface area contributed by atoms with Crippen LogP contribution in [0.2, 0.25) is 0 Å². The molecular weight excluding hydrogens is 328 g/mol. The highest BCUT2D eigenvalue weighted by molar-refractivity contribution is 7.90. The van der Waals surface area contributed by atoms with E-state index >= 15 is 0 Å². The lowest BCUT2D eigenvalue weighted by Gasteiger charge is -2.32. The standard InChI is InChI=1S/C15H21F2NO4S/c1-9(2)22-13(19)15(20,18-23(21)14(3,4)5)10-6-11(16)8-12(17)7-10/h6-9,18,20H,1-5H3. The van der Waals surface area contributed by atoms with Crippen LogP contribution >= 0.6 is 0 Å². The highest BCUT2D eigenvalue weighted by Gasteiger charge is 2.47. The Balaban J connectivity index is 3.32. The van der Waals surface area contributed by atoms with E-state index in [1.54, 1.807) is 34.6 Å². The van der Waals surface area contributed by atoms with Gasteiger partial charge in [0, 0.05) is 23.0 Å². The topological polar surface area (TPSA) is 81.6 Å². The first-order chi connectivity index (χ1) is 10.4. The lowest BCUT2D eigenvalue weighted by molar-refractivity contribution is -0.172. The summed E-state index contributed by atoms with van der Waals surface area (Å²) in [6.45, 7) is 7.92. The van der Waals surface area contributed by atoms with Crippen LogP contribution in [0.4, 0.5) is 8.78 Å². The summed E-state index contributed by atoms with van der Waals surface area (Å²) in [5, 5.41) is 10.7. The van der Waals surface area contributed by atoms with E-state index in [2.05, 4.69) is 4.72 Å². The average Bonchev–Trinajstić information content (AvgIpc) is 2.35. The van der Waals surface area contributed by atoms with Gasteiger partial charge in [0.05, 0.1) is 6.10 Å². The molecule has 0 fully saturated rings. The Hall–Kier alpha value is -1.22. The molecule has 0 aliphatic heterocycles. The van der Waals surface area contributed by atoms with E-state index in [-0.39, 0.29) is 0 Å². The van der Waals surface area contributed by atoms with Crippen LogP contribution in [-0.2, 0) is 26.6 Å². The molecule has 8 heteroatoms. The van der Waals surface area contributed by atoms with E-state index in [4.69, 9.17) is 4.74 Å². The number of halogens is 2. The van der Waals surface area contributed by atoms with E-state index in [0.29, 0.717) is 6.07 Å². The van der Waals surface area contributed by atoms with Crippen LogP contribution in [-0.4, -0.2) is 26.5 Å². The zero-order chi connectivity index (χ0) is 18.0. The van der Waals surface area contributed by atoms with Gasteiger partial charge < -0.3 is 14.4 Å². The molecule has 0 saturated carbocycles. The lowest BCUT2D eigenvalue weighted by Crippen LogP contribution is -2.56. The van der Waals surface area contributed by atoms with Crippen molar-refractivity contribution >= 4 is 17.3 Å². The number of carbonyl (C=O) groups is 1. The second-order valence-electron chi connectivity index (χ2n) is 6.31. The minimum Gasteiger partial charge on any atom is -0.598 e. The van der Waals surface area contributed by atoms with Gasteiger partial charge in [-0.1, -0.05) is 4.72 Å². The number of rotatable bonds is 5. The fourth-order valence-corrected chi connectivity index (χ4v) is 2.34. The second-order valence-corrected chi connectivity index (χ2v) is 8.27. The fourth-order valence-electron chi connectivity index (χ4n) is 1.57. The number of carbonyl (C=O) groups excluding carboxylic acids is 1. The molecule has 23 heavy (non-hydrogen) atoms. The van der Waals surface area contributed by atoms with Gasteiger partial charge in [0.1, 0.15) is 16.4 Å². The molecule has 0 bridgehead atoms. The molecule has 5 nitrogen and oxygen atoms in total.